The van der Waals surface area contributed by atoms with Gasteiger partial charge in [-0.3, -0.25) is 4.79 Å². The Bertz CT molecular complexity index is 777. The topological polar surface area (TPSA) is 58.1 Å². The molecule has 1 N–H and O–H groups in total. The van der Waals surface area contributed by atoms with E-state index in [1.807, 2.05) is 12.3 Å². The molecular weight excluding hydrogens is 365 g/mol. The number of anilines is 1. The summed E-state index contributed by atoms with van der Waals surface area (Å²) in [4.78, 5) is 22.2. The number of aromatic nitrogens is 2. The number of thiazole rings is 1. The molecule has 1 saturated heterocycles. The maximum atomic E-state index is 13.2. The minimum absolute atomic E-state index is 0.104. The van der Waals surface area contributed by atoms with E-state index in [1.165, 1.54) is 23.6 Å². The summed E-state index contributed by atoms with van der Waals surface area (Å²) in [5.41, 5.74) is 0.136. The van der Waals surface area contributed by atoms with Gasteiger partial charge in [0.25, 0.3) is 0 Å². The van der Waals surface area contributed by atoms with Crippen molar-refractivity contribution >= 4 is 23.1 Å². The van der Waals surface area contributed by atoms with Crippen LogP contribution in [0.3, 0.4) is 0 Å². The third kappa shape index (κ3) is 4.32. The number of hydrogen-bond donors (Lipinski definition) is 1. The van der Waals surface area contributed by atoms with Crippen molar-refractivity contribution < 1.29 is 18.0 Å². The maximum Gasteiger partial charge on any atom is 0.419 e. The summed E-state index contributed by atoms with van der Waals surface area (Å²) in [6, 6.07) is 2.30. The highest BCUT2D eigenvalue weighted by atomic mass is 32.1. The monoisotopic (exact) mass is 384 g/mol. The van der Waals surface area contributed by atoms with E-state index >= 15 is 0 Å². The first-order valence-corrected chi connectivity index (χ1v) is 9.18. The van der Waals surface area contributed by atoms with Crippen LogP contribution in [0.4, 0.5) is 19.0 Å². The van der Waals surface area contributed by atoms with Gasteiger partial charge in [0.2, 0.25) is 5.91 Å². The predicted octanol–water partition coefficient (Wildman–Crippen LogP) is 3.40. The summed E-state index contributed by atoms with van der Waals surface area (Å²) in [7, 11) is 0. The van der Waals surface area contributed by atoms with Crippen molar-refractivity contribution in [2.75, 3.05) is 18.0 Å². The Labute approximate surface area is 153 Å². The molecule has 5 nitrogen and oxygen atoms in total. The van der Waals surface area contributed by atoms with Crippen LogP contribution in [-0.4, -0.2) is 29.0 Å². The number of amides is 1. The van der Waals surface area contributed by atoms with Gasteiger partial charge < -0.3 is 10.2 Å². The van der Waals surface area contributed by atoms with E-state index < -0.39 is 11.7 Å². The highest BCUT2D eigenvalue weighted by molar-refractivity contribution is 7.09. The number of carbonyl (C=O) groups excluding carboxylic acids is 1. The maximum absolute atomic E-state index is 13.2. The predicted molar refractivity (Wildman–Crippen MR) is 92.9 cm³/mol. The molecule has 3 rings (SSSR count). The lowest BCUT2D eigenvalue weighted by atomic mass is 9.96. The van der Waals surface area contributed by atoms with Crippen molar-refractivity contribution in [2.45, 2.75) is 32.5 Å². The summed E-state index contributed by atoms with van der Waals surface area (Å²) in [5, 5.41) is 5.56. The van der Waals surface area contributed by atoms with Gasteiger partial charge in [0.1, 0.15) is 10.8 Å². The number of carbonyl (C=O) groups is 1. The van der Waals surface area contributed by atoms with E-state index in [1.54, 1.807) is 4.90 Å². The second kappa shape index (κ2) is 7.61. The van der Waals surface area contributed by atoms with Crippen LogP contribution in [0.1, 0.15) is 29.1 Å². The average Bonchev–Trinajstić information content (AvgIpc) is 3.04. The SMILES string of the molecule is Cc1csc(CNC(=O)C2CCCN(c3ncccc3C(F)(F)F)C2)n1. The summed E-state index contributed by atoms with van der Waals surface area (Å²) < 4.78 is 39.7. The van der Waals surface area contributed by atoms with Crippen molar-refractivity contribution in [3.8, 4) is 0 Å². The fourth-order valence-electron chi connectivity index (χ4n) is 3.04. The Morgan fingerprint density at radius 3 is 2.96 bits per heavy atom. The summed E-state index contributed by atoms with van der Waals surface area (Å²) >= 11 is 1.47. The smallest absolute Gasteiger partial charge is 0.355 e. The van der Waals surface area contributed by atoms with Crippen LogP contribution in [-0.2, 0) is 17.5 Å². The van der Waals surface area contributed by atoms with Gasteiger partial charge in [-0.15, -0.1) is 11.3 Å². The van der Waals surface area contributed by atoms with E-state index in [9.17, 15) is 18.0 Å². The normalized spacial score (nSPS) is 18.0. The average molecular weight is 384 g/mol. The zero-order valence-electron chi connectivity index (χ0n) is 14.2. The van der Waals surface area contributed by atoms with E-state index in [-0.39, 0.29) is 24.2 Å². The third-order valence-corrected chi connectivity index (χ3v) is 5.23. The van der Waals surface area contributed by atoms with Gasteiger partial charge in [-0.05, 0) is 31.9 Å². The molecule has 0 aromatic carbocycles. The van der Waals surface area contributed by atoms with Gasteiger partial charge in [0.05, 0.1) is 18.0 Å². The standard InChI is InChI=1S/C17H19F3N4OS/c1-11-10-26-14(23-11)8-22-16(25)12-4-3-7-24(9-12)15-13(17(18,19)20)5-2-6-21-15/h2,5-6,10,12H,3-4,7-9H2,1H3,(H,22,25). The molecular formula is C17H19F3N4OS. The number of piperidine rings is 1. The van der Waals surface area contributed by atoms with Gasteiger partial charge in [0, 0.05) is 30.4 Å². The summed E-state index contributed by atoms with van der Waals surface area (Å²) in [6.07, 6.45) is -1.84. The van der Waals surface area contributed by atoms with E-state index in [0.717, 1.165) is 16.8 Å². The fourth-order valence-corrected chi connectivity index (χ4v) is 3.76. The summed E-state index contributed by atoms with van der Waals surface area (Å²) in [5.74, 6) is -0.631. The number of nitrogens with zero attached hydrogens (tertiary/aromatic N) is 3. The summed E-state index contributed by atoms with van der Waals surface area (Å²) in [6.45, 7) is 2.90. The lowest BCUT2D eigenvalue weighted by Gasteiger charge is -2.34. The third-order valence-electron chi connectivity index (χ3n) is 4.26. The Hall–Kier alpha value is -2.16. The van der Waals surface area contributed by atoms with E-state index in [4.69, 9.17) is 0 Å². The van der Waals surface area contributed by atoms with E-state index in [0.29, 0.717) is 25.9 Å². The zero-order chi connectivity index (χ0) is 18.7. The second-order valence-electron chi connectivity index (χ2n) is 6.26. The van der Waals surface area contributed by atoms with Crippen LogP contribution < -0.4 is 10.2 Å². The second-order valence-corrected chi connectivity index (χ2v) is 7.20. The zero-order valence-corrected chi connectivity index (χ0v) is 15.0. The first-order chi connectivity index (χ1) is 12.3. The van der Waals surface area contributed by atoms with Gasteiger partial charge in [0.15, 0.2) is 0 Å². The molecule has 1 atom stereocenters. The largest absolute Gasteiger partial charge is 0.419 e. The number of nitrogens with one attached hydrogen (secondary N) is 1. The molecule has 26 heavy (non-hydrogen) atoms. The van der Waals surface area contributed by atoms with Crippen molar-refractivity contribution in [1.29, 1.82) is 0 Å². The molecule has 1 amide bonds. The van der Waals surface area contributed by atoms with Crippen LogP contribution in [0.2, 0.25) is 0 Å². The van der Waals surface area contributed by atoms with Crippen LogP contribution >= 0.6 is 11.3 Å². The minimum Gasteiger partial charge on any atom is -0.355 e. The minimum atomic E-state index is -4.47. The molecule has 0 spiro atoms. The van der Waals surface area contributed by atoms with Crippen LogP contribution in [0, 0.1) is 12.8 Å². The van der Waals surface area contributed by atoms with Crippen molar-refractivity contribution in [2.24, 2.45) is 5.92 Å². The van der Waals surface area contributed by atoms with Crippen molar-refractivity contribution in [1.82, 2.24) is 15.3 Å². The number of hydrogen-bond acceptors (Lipinski definition) is 5. The lowest BCUT2D eigenvalue weighted by Crippen LogP contribution is -2.43. The molecule has 140 valence electrons. The van der Waals surface area contributed by atoms with E-state index in [2.05, 4.69) is 15.3 Å². The van der Waals surface area contributed by atoms with Gasteiger partial charge in [-0.1, -0.05) is 0 Å². The van der Waals surface area contributed by atoms with Crippen molar-refractivity contribution in [3.05, 3.63) is 40.0 Å². The van der Waals surface area contributed by atoms with Crippen LogP contribution in [0.5, 0.6) is 0 Å². The first-order valence-electron chi connectivity index (χ1n) is 8.30. The molecule has 1 unspecified atom stereocenters. The van der Waals surface area contributed by atoms with Crippen molar-refractivity contribution in [3.63, 3.8) is 0 Å². The van der Waals surface area contributed by atoms with Crippen LogP contribution in [0.25, 0.3) is 0 Å². The number of alkyl halides is 3. The molecule has 1 fully saturated rings. The number of pyridine rings is 1. The Morgan fingerprint density at radius 2 is 2.27 bits per heavy atom. The molecule has 2 aromatic rings. The number of halogens is 3. The van der Waals surface area contributed by atoms with Gasteiger partial charge >= 0.3 is 6.18 Å². The Kier molecular flexibility index (Phi) is 5.45. The molecule has 0 saturated carbocycles. The molecule has 0 radical (unpaired) electrons. The lowest BCUT2D eigenvalue weighted by molar-refractivity contribution is -0.137. The number of aryl methyl sites for hydroxylation is 1. The fraction of sp³-hybridized carbons (Fsp3) is 0.471. The quantitative estimate of drug-likeness (QED) is 0.878. The Balaban J connectivity index is 1.67. The Morgan fingerprint density at radius 1 is 1.46 bits per heavy atom. The highest BCUT2D eigenvalue weighted by Gasteiger charge is 2.37. The number of rotatable bonds is 4. The first kappa shape index (κ1) is 18.6. The molecule has 1 aliphatic rings. The molecule has 9 heteroatoms. The molecule has 0 bridgehead atoms. The highest BCUT2D eigenvalue weighted by Crippen LogP contribution is 2.36. The molecule has 3 heterocycles. The molecule has 0 aliphatic carbocycles. The molecule has 1 aliphatic heterocycles. The molecule has 2 aromatic heterocycles. The van der Waals surface area contributed by atoms with Gasteiger partial charge in [-0.25, -0.2) is 9.97 Å². The van der Waals surface area contributed by atoms with Gasteiger partial charge in [-0.2, -0.15) is 13.2 Å². The van der Waals surface area contributed by atoms with Crippen LogP contribution in [0.15, 0.2) is 23.7 Å².